The zero-order valence-electron chi connectivity index (χ0n) is 24.3. The number of amides is 1. The minimum Gasteiger partial charge on any atom is -0.497 e. The second kappa shape index (κ2) is 14.2. The first kappa shape index (κ1) is 33.9. The van der Waals surface area contributed by atoms with E-state index in [0.717, 1.165) is 24.0 Å². The highest BCUT2D eigenvalue weighted by Crippen LogP contribution is 2.44. The van der Waals surface area contributed by atoms with Gasteiger partial charge in [0.1, 0.15) is 24.5 Å². The second-order valence-electron chi connectivity index (χ2n) is 11.0. The lowest BCUT2D eigenvalue weighted by Gasteiger charge is -2.41. The molecule has 0 radical (unpaired) electrons. The highest BCUT2D eigenvalue weighted by molar-refractivity contribution is 5.84. The zero-order chi connectivity index (χ0) is 31.8. The molecule has 4 rings (SSSR count). The van der Waals surface area contributed by atoms with Crippen molar-refractivity contribution >= 4 is 23.4 Å². The van der Waals surface area contributed by atoms with Crippen LogP contribution in [-0.2, 0) is 23.9 Å². The summed E-state index contributed by atoms with van der Waals surface area (Å²) in [7, 11) is 0. The third-order valence-corrected chi connectivity index (χ3v) is 7.54. The molecule has 2 fully saturated rings. The molecular formula is C30H38F4N2O7. The number of halogens is 4. The molecule has 0 bridgehead atoms. The van der Waals surface area contributed by atoms with Gasteiger partial charge in [-0.05, 0) is 56.8 Å². The van der Waals surface area contributed by atoms with E-state index < -0.39 is 30.2 Å². The molecule has 1 unspecified atom stereocenters. The van der Waals surface area contributed by atoms with Gasteiger partial charge in [-0.1, -0.05) is 30.3 Å². The Kier molecular flexibility index (Phi) is 11.2. The molecule has 2 aliphatic heterocycles. The number of hydrogen-bond acceptors (Lipinski definition) is 6. The predicted molar refractivity (Wildman–Crippen MR) is 148 cm³/mol. The SMILES string of the molecule is CCOC1=CC(F)(CN2CCC3(CC2)CC(=O)N(CC(=O)O)C3)CC(OCC)=C1c1ccccc1.O=C(O)CC(F)(F)F. The van der Waals surface area contributed by atoms with Gasteiger partial charge >= 0.3 is 18.1 Å². The summed E-state index contributed by atoms with van der Waals surface area (Å²) < 4.78 is 61.0. The molecule has 9 nitrogen and oxygen atoms in total. The molecule has 1 aromatic carbocycles. The van der Waals surface area contributed by atoms with Crippen molar-refractivity contribution in [2.24, 2.45) is 5.41 Å². The molecule has 1 spiro atoms. The normalized spacial score (nSPS) is 22.1. The van der Waals surface area contributed by atoms with Gasteiger partial charge in [-0.2, -0.15) is 13.2 Å². The summed E-state index contributed by atoms with van der Waals surface area (Å²) in [4.78, 5) is 36.2. The maximum atomic E-state index is 16.4. The molecule has 0 saturated carbocycles. The Bertz CT molecular complexity index is 1210. The summed E-state index contributed by atoms with van der Waals surface area (Å²) in [6.45, 7) is 6.41. The first-order valence-corrected chi connectivity index (χ1v) is 14.1. The van der Waals surface area contributed by atoms with Crippen molar-refractivity contribution in [3.8, 4) is 0 Å². The fraction of sp³-hybridized carbons (Fsp3) is 0.567. The second-order valence-corrected chi connectivity index (χ2v) is 11.0. The minimum atomic E-state index is -4.58. The van der Waals surface area contributed by atoms with Crippen LogP contribution in [0, 0.1) is 5.41 Å². The fourth-order valence-electron chi connectivity index (χ4n) is 5.78. The van der Waals surface area contributed by atoms with Crippen molar-refractivity contribution in [1.82, 2.24) is 9.80 Å². The van der Waals surface area contributed by atoms with Crippen LogP contribution in [0.15, 0.2) is 47.9 Å². The summed E-state index contributed by atoms with van der Waals surface area (Å²) in [6.07, 6.45) is -2.72. The highest BCUT2D eigenvalue weighted by atomic mass is 19.4. The van der Waals surface area contributed by atoms with Crippen LogP contribution in [0.2, 0.25) is 0 Å². The molecule has 3 aliphatic rings. The van der Waals surface area contributed by atoms with Crippen molar-refractivity contribution in [2.45, 2.75) is 57.8 Å². The predicted octanol–water partition coefficient (Wildman–Crippen LogP) is 4.89. The number of carbonyl (C=O) groups excluding carboxylic acids is 1. The van der Waals surface area contributed by atoms with Gasteiger partial charge < -0.3 is 24.6 Å². The lowest BCUT2D eigenvalue weighted by Crippen LogP contribution is -2.47. The fourth-order valence-corrected chi connectivity index (χ4v) is 5.78. The van der Waals surface area contributed by atoms with Gasteiger partial charge in [0.2, 0.25) is 5.91 Å². The molecular weight excluding hydrogens is 576 g/mol. The van der Waals surface area contributed by atoms with Gasteiger partial charge in [0.15, 0.2) is 5.67 Å². The Morgan fingerprint density at radius 3 is 2.12 bits per heavy atom. The molecule has 1 aromatic rings. The van der Waals surface area contributed by atoms with Crippen LogP contribution in [0.25, 0.3) is 5.57 Å². The number of benzene rings is 1. The Morgan fingerprint density at radius 1 is 0.977 bits per heavy atom. The third kappa shape index (κ3) is 9.70. The maximum absolute atomic E-state index is 16.4. The van der Waals surface area contributed by atoms with Crippen LogP contribution < -0.4 is 0 Å². The number of hydrogen-bond donors (Lipinski definition) is 2. The lowest BCUT2D eigenvalue weighted by atomic mass is 9.77. The number of allylic oxidation sites excluding steroid dienone is 2. The average molecular weight is 615 g/mol. The van der Waals surface area contributed by atoms with Gasteiger partial charge in [-0.3, -0.25) is 19.3 Å². The average Bonchev–Trinajstić information content (AvgIpc) is 3.18. The van der Waals surface area contributed by atoms with Crippen LogP contribution in [0.5, 0.6) is 0 Å². The van der Waals surface area contributed by atoms with Crippen LogP contribution in [-0.4, -0.2) is 95.6 Å². The summed E-state index contributed by atoms with van der Waals surface area (Å²) in [5.74, 6) is -1.83. The van der Waals surface area contributed by atoms with Gasteiger partial charge in [0, 0.05) is 25.9 Å². The molecule has 238 valence electrons. The van der Waals surface area contributed by atoms with Crippen molar-refractivity contribution in [3.05, 3.63) is 53.5 Å². The van der Waals surface area contributed by atoms with E-state index in [0.29, 0.717) is 50.8 Å². The monoisotopic (exact) mass is 614 g/mol. The van der Waals surface area contributed by atoms with Crippen molar-refractivity contribution in [2.75, 3.05) is 45.9 Å². The summed E-state index contributed by atoms with van der Waals surface area (Å²) in [6, 6.07) is 9.79. The van der Waals surface area contributed by atoms with Crippen LogP contribution in [0.3, 0.4) is 0 Å². The van der Waals surface area contributed by atoms with Gasteiger partial charge in [0.25, 0.3) is 0 Å². The molecule has 13 heteroatoms. The van der Waals surface area contributed by atoms with E-state index in [9.17, 15) is 27.6 Å². The van der Waals surface area contributed by atoms with Gasteiger partial charge in [0.05, 0.1) is 18.8 Å². The van der Waals surface area contributed by atoms with Crippen molar-refractivity contribution in [1.29, 1.82) is 0 Å². The van der Waals surface area contributed by atoms with E-state index >= 15 is 4.39 Å². The summed E-state index contributed by atoms with van der Waals surface area (Å²) in [5, 5.41) is 16.6. The lowest BCUT2D eigenvalue weighted by molar-refractivity contribution is -0.166. The number of carboxylic acids is 2. The summed E-state index contributed by atoms with van der Waals surface area (Å²) in [5.41, 5.74) is -0.0986. The quantitative estimate of drug-likeness (QED) is 0.358. The van der Waals surface area contributed by atoms with Gasteiger partial charge in [-0.25, -0.2) is 4.39 Å². The van der Waals surface area contributed by atoms with Crippen LogP contribution >= 0.6 is 0 Å². The van der Waals surface area contributed by atoms with Gasteiger partial charge in [-0.15, -0.1) is 0 Å². The number of carboxylic acid groups (broad SMARTS) is 2. The standard InChI is InChI=1S/C27H35FN2O5.C3H3F3O2/c1-3-34-21-14-27(28,15-22(35-4-2)25(21)20-8-6-5-7-9-20)19-29-12-10-26(11-13-29)16-23(31)30(18-26)17-24(32)33;4-3(5,6)1-2(7)8/h5-9,14H,3-4,10-13,15-19H2,1-2H3,(H,32,33);1H2,(H,7,8). The smallest absolute Gasteiger partial charge is 0.399 e. The van der Waals surface area contributed by atoms with E-state index in [4.69, 9.17) is 19.7 Å². The Morgan fingerprint density at radius 2 is 1.60 bits per heavy atom. The van der Waals surface area contributed by atoms with E-state index in [-0.39, 0.29) is 30.8 Å². The topological polar surface area (TPSA) is 117 Å². The molecule has 2 N–H and O–H groups in total. The Hall–Kier alpha value is -3.61. The Labute approximate surface area is 247 Å². The molecule has 0 aromatic heterocycles. The number of ether oxygens (including phenoxy) is 2. The van der Waals surface area contributed by atoms with Crippen molar-refractivity contribution in [3.63, 3.8) is 0 Å². The Balaban J connectivity index is 0.000000557. The number of alkyl halides is 4. The van der Waals surface area contributed by atoms with E-state index in [2.05, 4.69) is 4.90 Å². The molecule has 2 heterocycles. The van der Waals surface area contributed by atoms with Crippen molar-refractivity contribution < 1.29 is 51.6 Å². The number of carbonyl (C=O) groups is 3. The first-order valence-electron chi connectivity index (χ1n) is 14.1. The molecule has 2 saturated heterocycles. The number of rotatable bonds is 10. The summed E-state index contributed by atoms with van der Waals surface area (Å²) >= 11 is 0. The number of likely N-dealkylation sites (tertiary alicyclic amines) is 2. The van der Waals surface area contributed by atoms with Crippen LogP contribution in [0.4, 0.5) is 17.6 Å². The molecule has 43 heavy (non-hydrogen) atoms. The van der Waals surface area contributed by atoms with Crippen LogP contribution in [0.1, 0.15) is 51.5 Å². The molecule has 1 amide bonds. The number of aliphatic carboxylic acids is 2. The highest BCUT2D eigenvalue weighted by Gasteiger charge is 2.47. The largest absolute Gasteiger partial charge is 0.497 e. The first-order chi connectivity index (χ1) is 20.2. The number of nitrogens with zero attached hydrogens (tertiary/aromatic N) is 2. The zero-order valence-corrected chi connectivity index (χ0v) is 24.3. The molecule has 1 aliphatic carbocycles. The maximum Gasteiger partial charge on any atom is 0.399 e. The minimum absolute atomic E-state index is 0.0979. The van der Waals surface area contributed by atoms with E-state index in [1.165, 1.54) is 4.90 Å². The molecule has 1 atom stereocenters. The van der Waals surface area contributed by atoms with E-state index in [1.807, 2.05) is 44.2 Å². The van der Waals surface area contributed by atoms with E-state index in [1.54, 1.807) is 6.08 Å². The third-order valence-electron chi connectivity index (χ3n) is 7.54. The number of piperidine rings is 1.